The van der Waals surface area contributed by atoms with E-state index in [1.807, 2.05) is 60.7 Å². The van der Waals surface area contributed by atoms with E-state index in [1.165, 1.54) is 0 Å². The number of hydrogen-bond donors (Lipinski definition) is 0. The van der Waals surface area contributed by atoms with Gasteiger partial charge in [0.2, 0.25) is 0 Å². The molecule has 0 radical (unpaired) electrons. The van der Waals surface area contributed by atoms with Crippen molar-refractivity contribution < 1.29 is 9.47 Å². The lowest BCUT2D eigenvalue weighted by Gasteiger charge is -2.10. The lowest BCUT2D eigenvalue weighted by molar-refractivity contribution is 0.414. The van der Waals surface area contributed by atoms with Crippen molar-refractivity contribution in [3.05, 3.63) is 111 Å². The standard InChI is InChI=1S/C27H23N3O4/c1-33-20-7-3-18(4-8-20)16-29-13-11-24-22(26(29)31)15-23-25(28-24)12-14-30(27(23)32)17-19-5-9-21(34-2)10-6-19/h3-15H,16-17H2,1-2H3. The van der Waals surface area contributed by atoms with Gasteiger partial charge in [-0.2, -0.15) is 0 Å². The van der Waals surface area contributed by atoms with E-state index in [0.29, 0.717) is 34.9 Å². The molecule has 170 valence electrons. The van der Waals surface area contributed by atoms with Gasteiger partial charge >= 0.3 is 0 Å². The van der Waals surface area contributed by atoms with Gasteiger partial charge in [-0.3, -0.25) is 9.59 Å². The van der Waals surface area contributed by atoms with Crippen LogP contribution in [0.1, 0.15) is 11.1 Å². The van der Waals surface area contributed by atoms with Crippen LogP contribution in [-0.4, -0.2) is 28.3 Å². The van der Waals surface area contributed by atoms with Gasteiger partial charge < -0.3 is 18.6 Å². The van der Waals surface area contributed by atoms with Gasteiger partial charge in [-0.15, -0.1) is 0 Å². The average molecular weight is 453 g/mol. The number of nitrogens with zero attached hydrogens (tertiary/aromatic N) is 3. The highest BCUT2D eigenvalue weighted by molar-refractivity contribution is 5.91. The number of aromatic nitrogens is 3. The van der Waals surface area contributed by atoms with Crippen molar-refractivity contribution in [2.75, 3.05) is 14.2 Å². The smallest absolute Gasteiger partial charge is 0.260 e. The highest BCUT2D eigenvalue weighted by Gasteiger charge is 2.11. The summed E-state index contributed by atoms with van der Waals surface area (Å²) in [6.07, 6.45) is 3.47. The van der Waals surface area contributed by atoms with Crippen LogP contribution in [0.15, 0.2) is 88.7 Å². The third kappa shape index (κ3) is 4.03. The maximum atomic E-state index is 13.2. The molecule has 0 atom stereocenters. The number of pyridine rings is 3. The molecule has 7 nitrogen and oxygen atoms in total. The number of hydrogen-bond acceptors (Lipinski definition) is 5. The van der Waals surface area contributed by atoms with Gasteiger partial charge in [0.05, 0.1) is 49.1 Å². The van der Waals surface area contributed by atoms with E-state index >= 15 is 0 Å². The summed E-state index contributed by atoms with van der Waals surface area (Å²) in [4.78, 5) is 31.0. The molecule has 5 aromatic rings. The second kappa shape index (κ2) is 8.86. The van der Waals surface area contributed by atoms with Crippen LogP contribution in [0.25, 0.3) is 21.8 Å². The zero-order valence-corrected chi connectivity index (χ0v) is 18.9. The van der Waals surface area contributed by atoms with E-state index in [2.05, 4.69) is 4.98 Å². The Bertz CT molecular complexity index is 1480. The van der Waals surface area contributed by atoms with Gasteiger partial charge in [-0.25, -0.2) is 4.98 Å². The summed E-state index contributed by atoms with van der Waals surface area (Å²) >= 11 is 0. The number of methoxy groups -OCH3 is 2. The van der Waals surface area contributed by atoms with Crippen LogP contribution < -0.4 is 20.6 Å². The Balaban J connectivity index is 1.53. The predicted octanol–water partition coefficient (Wildman–Crippen LogP) is 3.83. The lowest BCUT2D eigenvalue weighted by atomic mass is 10.1. The van der Waals surface area contributed by atoms with Crippen molar-refractivity contribution in [2.24, 2.45) is 0 Å². The van der Waals surface area contributed by atoms with Crippen LogP contribution in [0.3, 0.4) is 0 Å². The molecule has 0 bridgehead atoms. The third-order valence-electron chi connectivity index (χ3n) is 5.91. The fourth-order valence-corrected chi connectivity index (χ4v) is 4.01. The molecule has 0 spiro atoms. The van der Waals surface area contributed by atoms with E-state index in [0.717, 1.165) is 22.6 Å². The van der Waals surface area contributed by atoms with Crippen LogP contribution in [0.2, 0.25) is 0 Å². The van der Waals surface area contributed by atoms with Crippen molar-refractivity contribution in [1.29, 1.82) is 0 Å². The van der Waals surface area contributed by atoms with Crippen molar-refractivity contribution in [2.45, 2.75) is 13.1 Å². The van der Waals surface area contributed by atoms with E-state index < -0.39 is 0 Å². The molecule has 3 heterocycles. The first-order valence-corrected chi connectivity index (χ1v) is 10.8. The summed E-state index contributed by atoms with van der Waals surface area (Å²) in [5, 5.41) is 0.839. The normalized spacial score (nSPS) is 11.1. The van der Waals surface area contributed by atoms with Gasteiger partial charge in [-0.1, -0.05) is 24.3 Å². The van der Waals surface area contributed by atoms with Crippen LogP contribution in [0.5, 0.6) is 11.5 Å². The summed E-state index contributed by atoms with van der Waals surface area (Å²) in [5.74, 6) is 1.52. The SMILES string of the molecule is COc1ccc(Cn2ccc3nc4ccn(Cc5ccc(OC)cc5)c(=O)c4cc3c2=O)cc1. The fourth-order valence-electron chi connectivity index (χ4n) is 4.01. The third-order valence-corrected chi connectivity index (χ3v) is 5.91. The minimum absolute atomic E-state index is 0.187. The Morgan fingerprint density at radius 3 is 1.44 bits per heavy atom. The molecule has 0 aliphatic rings. The first kappa shape index (κ1) is 21.5. The number of fused-ring (bicyclic) bond motifs is 2. The van der Waals surface area contributed by atoms with Crippen molar-refractivity contribution in [3.63, 3.8) is 0 Å². The molecule has 0 unspecified atom stereocenters. The van der Waals surface area contributed by atoms with Crippen molar-refractivity contribution >= 4 is 21.8 Å². The molecule has 0 N–H and O–H groups in total. The molecular formula is C27H23N3O4. The summed E-state index contributed by atoms with van der Waals surface area (Å²) < 4.78 is 13.6. The second-order valence-electron chi connectivity index (χ2n) is 8.05. The minimum atomic E-state index is -0.187. The minimum Gasteiger partial charge on any atom is -0.497 e. The molecule has 0 aliphatic carbocycles. The molecule has 2 aromatic carbocycles. The average Bonchev–Trinajstić information content (AvgIpc) is 2.88. The largest absolute Gasteiger partial charge is 0.497 e. The molecule has 0 amide bonds. The van der Waals surface area contributed by atoms with Crippen LogP contribution >= 0.6 is 0 Å². The molecule has 0 saturated heterocycles. The summed E-state index contributed by atoms with van der Waals surface area (Å²) in [5.41, 5.74) is 2.70. The van der Waals surface area contributed by atoms with E-state index in [9.17, 15) is 9.59 Å². The highest BCUT2D eigenvalue weighted by Crippen LogP contribution is 2.17. The van der Waals surface area contributed by atoms with E-state index in [4.69, 9.17) is 9.47 Å². The predicted molar refractivity (Wildman–Crippen MR) is 132 cm³/mol. The van der Waals surface area contributed by atoms with Crippen molar-refractivity contribution in [1.82, 2.24) is 14.1 Å². The second-order valence-corrected chi connectivity index (χ2v) is 8.05. The maximum Gasteiger partial charge on any atom is 0.260 e. The van der Waals surface area contributed by atoms with Crippen LogP contribution in [-0.2, 0) is 13.1 Å². The highest BCUT2D eigenvalue weighted by atomic mass is 16.5. The van der Waals surface area contributed by atoms with E-state index in [-0.39, 0.29) is 11.1 Å². The molecular weight excluding hydrogens is 430 g/mol. The van der Waals surface area contributed by atoms with Crippen LogP contribution in [0.4, 0.5) is 0 Å². The molecule has 0 fully saturated rings. The zero-order chi connectivity index (χ0) is 23.7. The fraction of sp³-hybridized carbons (Fsp3) is 0.148. The van der Waals surface area contributed by atoms with Gasteiger partial charge in [0.15, 0.2) is 0 Å². The Kier molecular flexibility index (Phi) is 5.59. The van der Waals surface area contributed by atoms with Gasteiger partial charge in [0.25, 0.3) is 11.1 Å². The first-order valence-electron chi connectivity index (χ1n) is 10.8. The van der Waals surface area contributed by atoms with Gasteiger partial charge in [-0.05, 0) is 53.6 Å². The molecule has 0 aliphatic heterocycles. The summed E-state index contributed by atoms with van der Waals surface area (Å²) in [7, 11) is 3.23. The monoisotopic (exact) mass is 453 g/mol. The number of ether oxygens (including phenoxy) is 2. The first-order chi connectivity index (χ1) is 16.6. The zero-order valence-electron chi connectivity index (χ0n) is 18.9. The topological polar surface area (TPSA) is 75.3 Å². The Labute approximate surface area is 195 Å². The summed E-state index contributed by atoms with van der Waals surface area (Å²) in [6.45, 7) is 0.820. The molecule has 3 aromatic heterocycles. The quantitative estimate of drug-likeness (QED) is 0.366. The van der Waals surface area contributed by atoms with Gasteiger partial charge in [0, 0.05) is 12.4 Å². The lowest BCUT2D eigenvalue weighted by Crippen LogP contribution is -2.23. The summed E-state index contributed by atoms with van der Waals surface area (Å²) in [6, 6.07) is 20.4. The number of rotatable bonds is 6. The van der Waals surface area contributed by atoms with Crippen molar-refractivity contribution in [3.8, 4) is 11.5 Å². The Morgan fingerprint density at radius 2 is 1.06 bits per heavy atom. The van der Waals surface area contributed by atoms with Gasteiger partial charge in [0.1, 0.15) is 11.5 Å². The van der Waals surface area contributed by atoms with E-state index in [1.54, 1.807) is 41.8 Å². The molecule has 0 saturated carbocycles. The Hall–Kier alpha value is -4.39. The molecule has 7 heteroatoms. The molecule has 34 heavy (non-hydrogen) atoms. The maximum absolute atomic E-state index is 13.2. The van der Waals surface area contributed by atoms with Crippen LogP contribution in [0, 0.1) is 0 Å². The molecule has 5 rings (SSSR count). The Morgan fingerprint density at radius 1 is 0.647 bits per heavy atom. The number of benzene rings is 2.